The van der Waals surface area contributed by atoms with Gasteiger partial charge in [0.25, 0.3) is 5.91 Å². The minimum absolute atomic E-state index is 0.189. The zero-order chi connectivity index (χ0) is 19.8. The van der Waals surface area contributed by atoms with Crippen LogP contribution in [-0.4, -0.2) is 36.4 Å². The van der Waals surface area contributed by atoms with Crippen molar-refractivity contribution in [2.75, 3.05) is 13.7 Å². The number of hydrogen-bond donors (Lipinski definition) is 1. The summed E-state index contributed by atoms with van der Waals surface area (Å²) in [7, 11) is 1.53. The summed E-state index contributed by atoms with van der Waals surface area (Å²) in [6, 6.07) is 12.3. The Bertz CT molecular complexity index is 766. The number of carbonyl (C=O) groups excluding carboxylic acids is 2. The first-order chi connectivity index (χ1) is 12.9. The molecule has 2 aromatic rings. The number of benzene rings is 2. The van der Waals surface area contributed by atoms with Crippen LogP contribution in [0.3, 0.4) is 0 Å². The summed E-state index contributed by atoms with van der Waals surface area (Å²) in [5.74, 6) is -0.371. The first-order valence-electron chi connectivity index (χ1n) is 8.58. The smallest absolute Gasteiger partial charge is 0.261 e. The highest BCUT2D eigenvalue weighted by atomic mass is 79.9. The van der Waals surface area contributed by atoms with Crippen LogP contribution in [0.15, 0.2) is 53.0 Å². The van der Waals surface area contributed by atoms with Crippen molar-refractivity contribution in [2.24, 2.45) is 0 Å². The molecule has 1 N–H and O–H groups in total. The van der Waals surface area contributed by atoms with Crippen LogP contribution >= 0.6 is 15.9 Å². The van der Waals surface area contributed by atoms with Crippen LogP contribution in [0.4, 0.5) is 4.39 Å². The lowest BCUT2D eigenvalue weighted by molar-refractivity contribution is -0.142. The highest BCUT2D eigenvalue weighted by Gasteiger charge is 2.28. The standard InChI is InChI=1S/C20H22BrFN2O3/c1-3-18(20(26)23-2)24(12-14-4-8-16(22)9-5-14)19(25)13-27-17-10-6-15(21)7-11-17/h4-11,18H,3,12-13H2,1-2H3,(H,23,26)/t18-/m1/s1. The normalized spacial score (nSPS) is 11.6. The number of rotatable bonds is 8. The summed E-state index contributed by atoms with van der Waals surface area (Å²) < 4.78 is 19.6. The van der Waals surface area contributed by atoms with E-state index >= 15 is 0 Å². The third-order valence-electron chi connectivity index (χ3n) is 4.07. The third kappa shape index (κ3) is 6.06. The zero-order valence-corrected chi connectivity index (χ0v) is 16.8. The van der Waals surface area contributed by atoms with Crippen LogP contribution in [0.5, 0.6) is 5.75 Å². The van der Waals surface area contributed by atoms with Gasteiger partial charge in [-0.05, 0) is 48.4 Å². The van der Waals surface area contributed by atoms with E-state index in [1.54, 1.807) is 24.3 Å². The molecule has 0 aliphatic rings. The number of carbonyl (C=O) groups is 2. The summed E-state index contributed by atoms with van der Waals surface area (Å²) in [4.78, 5) is 26.5. The van der Waals surface area contributed by atoms with E-state index in [-0.39, 0.29) is 30.8 Å². The Labute approximate surface area is 166 Å². The molecule has 0 saturated carbocycles. The van der Waals surface area contributed by atoms with Gasteiger partial charge >= 0.3 is 0 Å². The predicted octanol–water partition coefficient (Wildman–Crippen LogP) is 3.52. The highest BCUT2D eigenvalue weighted by Crippen LogP contribution is 2.17. The van der Waals surface area contributed by atoms with Gasteiger partial charge in [0.15, 0.2) is 6.61 Å². The molecule has 2 aromatic carbocycles. The van der Waals surface area contributed by atoms with Gasteiger partial charge < -0.3 is 15.0 Å². The molecule has 5 nitrogen and oxygen atoms in total. The molecule has 0 spiro atoms. The van der Waals surface area contributed by atoms with Crippen LogP contribution in [0.2, 0.25) is 0 Å². The summed E-state index contributed by atoms with van der Waals surface area (Å²) in [5.41, 5.74) is 0.732. The topological polar surface area (TPSA) is 58.6 Å². The third-order valence-corrected chi connectivity index (χ3v) is 4.60. The van der Waals surface area contributed by atoms with E-state index in [0.717, 1.165) is 10.0 Å². The maximum Gasteiger partial charge on any atom is 0.261 e. The fourth-order valence-electron chi connectivity index (χ4n) is 2.63. The number of ether oxygens (including phenoxy) is 1. The highest BCUT2D eigenvalue weighted by molar-refractivity contribution is 9.10. The van der Waals surface area contributed by atoms with Crippen molar-refractivity contribution >= 4 is 27.7 Å². The lowest BCUT2D eigenvalue weighted by Gasteiger charge is -2.30. The van der Waals surface area contributed by atoms with Crippen LogP contribution in [0.25, 0.3) is 0 Å². The maximum absolute atomic E-state index is 13.2. The molecule has 0 bridgehead atoms. The fourth-order valence-corrected chi connectivity index (χ4v) is 2.90. The van der Waals surface area contributed by atoms with Gasteiger partial charge in [-0.2, -0.15) is 0 Å². The summed E-state index contributed by atoms with van der Waals surface area (Å²) in [6.07, 6.45) is 0.449. The summed E-state index contributed by atoms with van der Waals surface area (Å²) in [5, 5.41) is 2.59. The van der Waals surface area contributed by atoms with E-state index in [1.807, 2.05) is 19.1 Å². The van der Waals surface area contributed by atoms with Gasteiger partial charge in [0, 0.05) is 18.1 Å². The Kier molecular flexibility index (Phi) is 7.79. The monoisotopic (exact) mass is 436 g/mol. The molecule has 0 heterocycles. The predicted molar refractivity (Wildman–Crippen MR) is 105 cm³/mol. The minimum atomic E-state index is -0.638. The Balaban J connectivity index is 2.15. The van der Waals surface area contributed by atoms with Gasteiger partial charge in [-0.25, -0.2) is 4.39 Å². The molecular weight excluding hydrogens is 415 g/mol. The van der Waals surface area contributed by atoms with Crippen molar-refractivity contribution in [3.63, 3.8) is 0 Å². The molecule has 0 radical (unpaired) electrons. The summed E-state index contributed by atoms with van der Waals surface area (Å²) >= 11 is 3.34. The van der Waals surface area contributed by atoms with Gasteiger partial charge in [0.1, 0.15) is 17.6 Å². The second kappa shape index (κ2) is 10.1. The number of likely N-dealkylation sites (N-methyl/N-ethyl adjacent to an activating group) is 1. The van der Waals surface area contributed by atoms with Gasteiger partial charge in [-0.3, -0.25) is 9.59 Å². The molecule has 2 rings (SSSR count). The van der Waals surface area contributed by atoms with Crippen molar-refractivity contribution in [1.82, 2.24) is 10.2 Å². The average Bonchev–Trinajstić information content (AvgIpc) is 2.68. The number of halogens is 2. The molecule has 7 heteroatoms. The lowest BCUT2D eigenvalue weighted by Crippen LogP contribution is -2.49. The minimum Gasteiger partial charge on any atom is -0.484 e. The molecule has 1 atom stereocenters. The Morgan fingerprint density at radius 1 is 1.15 bits per heavy atom. The molecule has 0 unspecified atom stereocenters. The van der Waals surface area contributed by atoms with Crippen molar-refractivity contribution in [3.8, 4) is 5.75 Å². The quantitative estimate of drug-likeness (QED) is 0.688. The van der Waals surface area contributed by atoms with Crippen molar-refractivity contribution in [1.29, 1.82) is 0 Å². The zero-order valence-electron chi connectivity index (χ0n) is 15.2. The van der Waals surface area contributed by atoms with E-state index < -0.39 is 6.04 Å². The van der Waals surface area contributed by atoms with Crippen LogP contribution in [0.1, 0.15) is 18.9 Å². The van der Waals surface area contributed by atoms with Crippen molar-refractivity contribution in [3.05, 3.63) is 64.4 Å². The molecule has 144 valence electrons. The molecule has 27 heavy (non-hydrogen) atoms. The number of nitrogens with zero attached hydrogens (tertiary/aromatic N) is 1. The second-order valence-corrected chi connectivity index (χ2v) is 6.84. The van der Waals surface area contributed by atoms with Crippen LogP contribution in [0, 0.1) is 5.82 Å². The van der Waals surface area contributed by atoms with Gasteiger partial charge in [0.2, 0.25) is 5.91 Å². The van der Waals surface area contributed by atoms with E-state index in [9.17, 15) is 14.0 Å². The summed E-state index contributed by atoms with van der Waals surface area (Å²) in [6.45, 7) is 1.82. The van der Waals surface area contributed by atoms with Gasteiger partial charge in [-0.15, -0.1) is 0 Å². The molecule has 0 aromatic heterocycles. The van der Waals surface area contributed by atoms with Gasteiger partial charge in [0.05, 0.1) is 0 Å². The average molecular weight is 437 g/mol. The molecule has 0 aliphatic heterocycles. The molecule has 0 aliphatic carbocycles. The molecular formula is C20H22BrFN2O3. The van der Waals surface area contributed by atoms with Crippen LogP contribution < -0.4 is 10.1 Å². The fraction of sp³-hybridized carbons (Fsp3) is 0.300. The molecule has 2 amide bonds. The van der Waals surface area contributed by atoms with Crippen molar-refractivity contribution in [2.45, 2.75) is 25.9 Å². The molecule has 0 fully saturated rings. The van der Waals surface area contributed by atoms with Crippen LogP contribution in [-0.2, 0) is 16.1 Å². The maximum atomic E-state index is 13.2. The van der Waals surface area contributed by atoms with E-state index in [4.69, 9.17) is 4.74 Å². The first-order valence-corrected chi connectivity index (χ1v) is 9.37. The molecule has 0 saturated heterocycles. The first kappa shape index (κ1) is 20.9. The largest absolute Gasteiger partial charge is 0.484 e. The van der Waals surface area contributed by atoms with E-state index in [0.29, 0.717) is 12.2 Å². The van der Waals surface area contributed by atoms with Gasteiger partial charge in [-0.1, -0.05) is 35.0 Å². The Morgan fingerprint density at radius 2 is 1.78 bits per heavy atom. The number of hydrogen-bond acceptors (Lipinski definition) is 3. The van der Waals surface area contributed by atoms with E-state index in [2.05, 4.69) is 21.2 Å². The van der Waals surface area contributed by atoms with E-state index in [1.165, 1.54) is 24.1 Å². The second-order valence-electron chi connectivity index (χ2n) is 5.93. The lowest BCUT2D eigenvalue weighted by atomic mass is 10.1. The Morgan fingerprint density at radius 3 is 2.33 bits per heavy atom. The van der Waals surface area contributed by atoms with Crippen molar-refractivity contribution < 1.29 is 18.7 Å². The number of amides is 2. The SMILES string of the molecule is CC[C@H](C(=O)NC)N(Cc1ccc(F)cc1)C(=O)COc1ccc(Br)cc1. The number of nitrogens with one attached hydrogen (secondary N) is 1. The Hall–Kier alpha value is -2.41.